The van der Waals surface area contributed by atoms with E-state index in [0.717, 1.165) is 57.1 Å². The molecule has 1 saturated heterocycles. The van der Waals surface area contributed by atoms with E-state index >= 15 is 0 Å². The standard InChI is InChI=1S/C23H35N5O3/c1-15(14-31-3)25-23-24-12-22-20(18-5-4-10-27(13-18)16(2)29)11-21(28(22)26-23)17-6-8-19(30)9-7-17/h11-12,15,17-19,30H,4-10,13-14H2,1-3H3,(H,25,26)/t15-,17?,18+,19?/m0/s1. The van der Waals surface area contributed by atoms with Crippen LogP contribution in [0.15, 0.2) is 12.3 Å². The maximum Gasteiger partial charge on any atom is 0.241 e. The van der Waals surface area contributed by atoms with Crippen LogP contribution in [0.1, 0.15) is 75.5 Å². The van der Waals surface area contributed by atoms with Crippen LogP contribution in [0.2, 0.25) is 0 Å². The number of carbonyl (C=O) groups excluding carboxylic acids is 1. The second-order valence-electron chi connectivity index (χ2n) is 9.21. The normalized spacial score (nSPS) is 25.5. The fourth-order valence-electron chi connectivity index (χ4n) is 5.12. The average molecular weight is 430 g/mol. The van der Waals surface area contributed by atoms with E-state index in [1.54, 1.807) is 14.0 Å². The average Bonchev–Trinajstić information content (AvgIpc) is 3.13. The highest BCUT2D eigenvalue weighted by Crippen LogP contribution is 2.38. The van der Waals surface area contributed by atoms with Gasteiger partial charge in [0.2, 0.25) is 11.9 Å². The SMILES string of the molecule is COC[C@H](C)Nc1ncc2c([C@@H]3CCCN(C(C)=O)C3)cc(C3CCC(O)CC3)n2n1. The quantitative estimate of drug-likeness (QED) is 0.734. The number of anilines is 1. The van der Waals surface area contributed by atoms with Crippen LogP contribution < -0.4 is 5.32 Å². The highest BCUT2D eigenvalue weighted by molar-refractivity contribution is 5.73. The topological polar surface area (TPSA) is 92.0 Å². The first-order chi connectivity index (χ1) is 15.0. The zero-order chi connectivity index (χ0) is 22.0. The number of hydrogen-bond donors (Lipinski definition) is 2. The third kappa shape index (κ3) is 4.85. The molecule has 0 radical (unpaired) electrons. The summed E-state index contributed by atoms with van der Waals surface area (Å²) in [5, 5.41) is 18.2. The first-order valence-electron chi connectivity index (χ1n) is 11.5. The van der Waals surface area contributed by atoms with E-state index in [-0.39, 0.29) is 18.1 Å². The number of nitrogens with zero attached hydrogens (tertiary/aromatic N) is 4. The zero-order valence-corrected chi connectivity index (χ0v) is 18.9. The van der Waals surface area contributed by atoms with Gasteiger partial charge < -0.3 is 20.1 Å². The van der Waals surface area contributed by atoms with Crippen molar-refractivity contribution in [2.45, 2.75) is 76.4 Å². The molecule has 2 aliphatic rings. The molecule has 0 aromatic carbocycles. The molecule has 3 heterocycles. The molecular formula is C23H35N5O3. The lowest BCUT2D eigenvalue weighted by molar-refractivity contribution is -0.130. The maximum absolute atomic E-state index is 12.0. The summed E-state index contributed by atoms with van der Waals surface area (Å²) in [6, 6.07) is 2.40. The third-order valence-corrected chi connectivity index (χ3v) is 6.79. The molecule has 1 aliphatic carbocycles. The Balaban J connectivity index is 1.70. The monoisotopic (exact) mass is 429 g/mol. The van der Waals surface area contributed by atoms with Gasteiger partial charge in [0.15, 0.2) is 0 Å². The molecule has 2 N–H and O–H groups in total. The van der Waals surface area contributed by atoms with Gasteiger partial charge in [0, 0.05) is 50.7 Å². The summed E-state index contributed by atoms with van der Waals surface area (Å²) in [6.45, 7) is 5.87. The van der Waals surface area contributed by atoms with Gasteiger partial charge in [-0.15, -0.1) is 5.10 Å². The number of rotatable bonds is 6. The minimum Gasteiger partial charge on any atom is -0.393 e. The number of piperidine rings is 1. The zero-order valence-electron chi connectivity index (χ0n) is 18.9. The van der Waals surface area contributed by atoms with Crippen molar-refractivity contribution in [1.82, 2.24) is 19.5 Å². The highest BCUT2D eigenvalue weighted by Gasteiger charge is 2.30. The van der Waals surface area contributed by atoms with E-state index in [9.17, 15) is 9.90 Å². The van der Waals surface area contributed by atoms with Crippen LogP contribution in [0.5, 0.6) is 0 Å². The molecule has 2 aromatic rings. The van der Waals surface area contributed by atoms with Crippen molar-refractivity contribution in [1.29, 1.82) is 0 Å². The van der Waals surface area contributed by atoms with E-state index in [4.69, 9.17) is 9.84 Å². The minimum absolute atomic E-state index is 0.105. The van der Waals surface area contributed by atoms with E-state index < -0.39 is 0 Å². The number of likely N-dealkylation sites (tertiary alicyclic amines) is 1. The summed E-state index contributed by atoms with van der Waals surface area (Å²) >= 11 is 0. The Morgan fingerprint density at radius 2 is 2.06 bits per heavy atom. The molecule has 0 unspecified atom stereocenters. The number of aromatic nitrogens is 3. The van der Waals surface area contributed by atoms with E-state index in [0.29, 0.717) is 24.4 Å². The molecule has 8 nitrogen and oxygen atoms in total. The molecule has 2 atom stereocenters. The molecule has 1 aliphatic heterocycles. The molecule has 1 saturated carbocycles. The van der Waals surface area contributed by atoms with Gasteiger partial charge in [-0.1, -0.05) is 0 Å². The lowest BCUT2D eigenvalue weighted by Crippen LogP contribution is -2.37. The fourth-order valence-corrected chi connectivity index (χ4v) is 5.12. The van der Waals surface area contributed by atoms with E-state index in [1.165, 1.54) is 11.3 Å². The van der Waals surface area contributed by atoms with Gasteiger partial charge in [0.05, 0.1) is 24.4 Å². The second kappa shape index (κ2) is 9.53. The first-order valence-corrected chi connectivity index (χ1v) is 11.5. The lowest BCUT2D eigenvalue weighted by Gasteiger charge is -2.32. The Labute approximate surface area is 184 Å². The van der Waals surface area contributed by atoms with Gasteiger partial charge in [-0.2, -0.15) is 0 Å². The Bertz CT molecular complexity index is 906. The van der Waals surface area contributed by atoms with Crippen molar-refractivity contribution < 1.29 is 14.6 Å². The predicted octanol–water partition coefficient (Wildman–Crippen LogP) is 2.92. The van der Waals surface area contributed by atoms with Crippen molar-refractivity contribution in [2.75, 3.05) is 32.1 Å². The molecule has 170 valence electrons. The van der Waals surface area contributed by atoms with Gasteiger partial charge >= 0.3 is 0 Å². The number of amides is 1. The van der Waals surface area contributed by atoms with Gasteiger partial charge in [0.25, 0.3) is 0 Å². The number of carbonyl (C=O) groups is 1. The summed E-state index contributed by atoms with van der Waals surface area (Å²) in [7, 11) is 1.69. The number of fused-ring (bicyclic) bond motifs is 1. The van der Waals surface area contributed by atoms with Crippen LogP contribution in [-0.2, 0) is 9.53 Å². The van der Waals surface area contributed by atoms with Crippen LogP contribution in [0.3, 0.4) is 0 Å². The summed E-state index contributed by atoms with van der Waals surface area (Å²) in [6.07, 6.45) is 7.39. The number of methoxy groups -OCH3 is 1. The van der Waals surface area contributed by atoms with Crippen molar-refractivity contribution in [3.05, 3.63) is 23.5 Å². The molecule has 8 heteroatoms. The summed E-state index contributed by atoms with van der Waals surface area (Å²) < 4.78 is 7.28. The Morgan fingerprint density at radius 3 is 2.77 bits per heavy atom. The van der Waals surface area contributed by atoms with Crippen molar-refractivity contribution >= 4 is 17.4 Å². The minimum atomic E-state index is -0.189. The van der Waals surface area contributed by atoms with Gasteiger partial charge in [-0.25, -0.2) is 9.50 Å². The number of ether oxygens (including phenoxy) is 1. The lowest BCUT2D eigenvalue weighted by atomic mass is 9.84. The molecule has 0 bridgehead atoms. The van der Waals surface area contributed by atoms with E-state index in [1.807, 2.05) is 18.0 Å². The third-order valence-electron chi connectivity index (χ3n) is 6.79. The number of hydrogen-bond acceptors (Lipinski definition) is 6. The Kier molecular flexibility index (Phi) is 6.77. The molecule has 31 heavy (non-hydrogen) atoms. The number of aliphatic hydroxyl groups is 1. The van der Waals surface area contributed by atoms with Gasteiger partial charge in [-0.3, -0.25) is 4.79 Å². The molecule has 4 rings (SSSR count). The van der Waals surface area contributed by atoms with Crippen molar-refractivity contribution in [3.8, 4) is 0 Å². The van der Waals surface area contributed by atoms with Crippen LogP contribution in [0, 0.1) is 0 Å². The Hall–Kier alpha value is -2.19. The predicted molar refractivity (Wildman–Crippen MR) is 119 cm³/mol. The van der Waals surface area contributed by atoms with Crippen LogP contribution in [0.25, 0.3) is 5.52 Å². The second-order valence-corrected chi connectivity index (χ2v) is 9.21. The number of nitrogens with one attached hydrogen (secondary N) is 1. The molecule has 2 fully saturated rings. The maximum atomic E-state index is 12.0. The molecular weight excluding hydrogens is 394 g/mol. The van der Waals surface area contributed by atoms with Crippen molar-refractivity contribution in [2.24, 2.45) is 0 Å². The highest BCUT2D eigenvalue weighted by atomic mass is 16.5. The van der Waals surface area contributed by atoms with Crippen LogP contribution >= 0.6 is 0 Å². The molecule has 0 spiro atoms. The smallest absolute Gasteiger partial charge is 0.241 e. The van der Waals surface area contributed by atoms with Gasteiger partial charge in [0.1, 0.15) is 0 Å². The van der Waals surface area contributed by atoms with Gasteiger partial charge in [-0.05, 0) is 57.1 Å². The first kappa shape index (κ1) is 22.0. The molecule has 2 aromatic heterocycles. The van der Waals surface area contributed by atoms with E-state index in [2.05, 4.69) is 20.9 Å². The summed E-state index contributed by atoms with van der Waals surface area (Å²) in [5.41, 5.74) is 3.46. The molecule has 1 amide bonds. The Morgan fingerprint density at radius 1 is 1.29 bits per heavy atom. The largest absolute Gasteiger partial charge is 0.393 e. The van der Waals surface area contributed by atoms with Crippen molar-refractivity contribution in [3.63, 3.8) is 0 Å². The number of aliphatic hydroxyl groups excluding tert-OH is 1. The summed E-state index contributed by atoms with van der Waals surface area (Å²) in [5.74, 6) is 1.40. The fraction of sp³-hybridized carbons (Fsp3) is 0.696. The summed E-state index contributed by atoms with van der Waals surface area (Å²) in [4.78, 5) is 18.5. The van der Waals surface area contributed by atoms with Crippen LogP contribution in [-0.4, -0.2) is 69.5 Å². The van der Waals surface area contributed by atoms with Crippen LogP contribution in [0.4, 0.5) is 5.95 Å².